The summed E-state index contributed by atoms with van der Waals surface area (Å²) in [5, 5.41) is 4.12. The van der Waals surface area contributed by atoms with E-state index in [1.165, 1.54) is 0 Å². The molecule has 0 radical (unpaired) electrons. The van der Waals surface area contributed by atoms with Gasteiger partial charge >= 0.3 is 0 Å². The topological polar surface area (TPSA) is 72.1 Å². The Labute approximate surface area is 177 Å². The molecule has 0 bridgehead atoms. The minimum Gasteiger partial charge on any atom is -0.356 e. The first-order valence-corrected chi connectivity index (χ1v) is 10.7. The normalized spacial score (nSPS) is 16.2. The first kappa shape index (κ1) is 20.3. The van der Waals surface area contributed by atoms with Crippen LogP contribution in [0.4, 0.5) is 0 Å². The Balaban J connectivity index is 1.70. The zero-order valence-electron chi connectivity index (χ0n) is 17.9. The van der Waals surface area contributed by atoms with E-state index in [1.807, 2.05) is 55.3 Å². The fraction of sp³-hybridized carbons (Fsp3) is 0.417. The number of likely N-dealkylation sites (tertiary alicyclic amines) is 1. The van der Waals surface area contributed by atoms with Gasteiger partial charge in [-0.3, -0.25) is 4.79 Å². The average molecular weight is 405 g/mol. The highest BCUT2D eigenvalue weighted by Gasteiger charge is 2.34. The van der Waals surface area contributed by atoms with Crippen molar-refractivity contribution in [2.75, 3.05) is 6.54 Å². The Morgan fingerprint density at radius 3 is 2.73 bits per heavy atom. The number of amides is 1. The van der Waals surface area contributed by atoms with Crippen LogP contribution in [-0.4, -0.2) is 32.5 Å². The van der Waals surface area contributed by atoms with Gasteiger partial charge < -0.3 is 9.42 Å². The van der Waals surface area contributed by atoms with Crippen molar-refractivity contribution >= 4 is 5.91 Å². The van der Waals surface area contributed by atoms with Gasteiger partial charge in [-0.2, -0.15) is 0 Å². The number of nitrogens with zero attached hydrogens (tertiary/aromatic N) is 4. The molecule has 1 amide bonds. The molecule has 0 saturated carbocycles. The molecular weight excluding hydrogens is 376 g/mol. The lowest BCUT2D eigenvalue weighted by Gasteiger charge is -2.26. The molecule has 1 aromatic carbocycles. The van der Waals surface area contributed by atoms with Crippen LogP contribution in [0.25, 0.3) is 11.3 Å². The third kappa shape index (κ3) is 3.99. The number of hydrogen-bond donors (Lipinski definition) is 0. The molecule has 30 heavy (non-hydrogen) atoms. The zero-order chi connectivity index (χ0) is 21.1. The summed E-state index contributed by atoms with van der Waals surface area (Å²) in [6.45, 7) is 6.79. The van der Waals surface area contributed by atoms with Gasteiger partial charge in [0, 0.05) is 24.7 Å². The molecule has 156 valence electrons. The van der Waals surface area contributed by atoms with Crippen molar-refractivity contribution < 1.29 is 9.32 Å². The quantitative estimate of drug-likeness (QED) is 0.600. The summed E-state index contributed by atoms with van der Waals surface area (Å²) in [6, 6.07) is 9.84. The maximum absolute atomic E-state index is 13.2. The molecule has 6 nitrogen and oxygen atoms in total. The first-order valence-electron chi connectivity index (χ1n) is 10.7. The van der Waals surface area contributed by atoms with Crippen molar-refractivity contribution in [1.82, 2.24) is 20.0 Å². The predicted octanol–water partition coefficient (Wildman–Crippen LogP) is 4.61. The van der Waals surface area contributed by atoms with E-state index in [0.717, 1.165) is 66.1 Å². The number of benzene rings is 1. The summed E-state index contributed by atoms with van der Waals surface area (Å²) in [6.07, 6.45) is 5.89. The van der Waals surface area contributed by atoms with E-state index < -0.39 is 0 Å². The summed E-state index contributed by atoms with van der Waals surface area (Å²) in [5.41, 5.74) is 4.61. The van der Waals surface area contributed by atoms with E-state index in [4.69, 9.17) is 9.51 Å². The minimum absolute atomic E-state index is 0.0698. The SMILES string of the molecule is CCCc1ncc(-c2onc(C)c2C)c([C@@H]2CCCN2C(=O)Cc2ccccc2)n1. The van der Waals surface area contributed by atoms with Crippen molar-refractivity contribution in [1.29, 1.82) is 0 Å². The van der Waals surface area contributed by atoms with Crippen molar-refractivity contribution in [2.24, 2.45) is 0 Å². The minimum atomic E-state index is -0.0698. The van der Waals surface area contributed by atoms with E-state index in [-0.39, 0.29) is 11.9 Å². The number of rotatable bonds is 6. The number of aryl methyl sites for hydroxylation is 2. The summed E-state index contributed by atoms with van der Waals surface area (Å²) in [4.78, 5) is 24.6. The van der Waals surface area contributed by atoms with Gasteiger partial charge in [0.2, 0.25) is 5.91 Å². The number of carbonyl (C=O) groups excluding carboxylic acids is 1. The molecule has 1 saturated heterocycles. The average Bonchev–Trinajstić information content (AvgIpc) is 3.37. The van der Waals surface area contributed by atoms with Crippen LogP contribution in [0.1, 0.15) is 60.6 Å². The third-order valence-corrected chi connectivity index (χ3v) is 5.83. The summed E-state index contributed by atoms with van der Waals surface area (Å²) in [5.74, 6) is 1.65. The Morgan fingerprint density at radius 2 is 2.03 bits per heavy atom. The Kier molecular flexibility index (Phi) is 5.93. The Hall–Kier alpha value is -3.02. The van der Waals surface area contributed by atoms with Crippen LogP contribution in [0, 0.1) is 13.8 Å². The molecule has 3 heterocycles. The van der Waals surface area contributed by atoms with Crippen LogP contribution in [0.5, 0.6) is 0 Å². The molecule has 1 aliphatic heterocycles. The summed E-state index contributed by atoms with van der Waals surface area (Å²) < 4.78 is 5.64. The van der Waals surface area contributed by atoms with Gasteiger partial charge in [0.1, 0.15) is 5.82 Å². The van der Waals surface area contributed by atoms with E-state index in [0.29, 0.717) is 12.2 Å². The number of hydrogen-bond acceptors (Lipinski definition) is 5. The molecule has 2 aromatic heterocycles. The molecule has 1 atom stereocenters. The monoisotopic (exact) mass is 404 g/mol. The highest BCUT2D eigenvalue weighted by molar-refractivity contribution is 5.80. The van der Waals surface area contributed by atoms with Gasteiger partial charge in [-0.1, -0.05) is 42.4 Å². The highest BCUT2D eigenvalue weighted by Crippen LogP contribution is 2.38. The lowest BCUT2D eigenvalue weighted by atomic mass is 10.0. The summed E-state index contributed by atoms with van der Waals surface area (Å²) in [7, 11) is 0. The first-order chi connectivity index (χ1) is 14.6. The van der Waals surface area contributed by atoms with E-state index in [1.54, 1.807) is 0 Å². The molecule has 1 fully saturated rings. The van der Waals surface area contributed by atoms with Gasteiger partial charge in [0.25, 0.3) is 0 Å². The van der Waals surface area contributed by atoms with Gasteiger partial charge in [0.05, 0.1) is 29.4 Å². The molecule has 4 rings (SSSR count). The fourth-order valence-corrected chi connectivity index (χ4v) is 4.09. The van der Waals surface area contributed by atoms with Crippen LogP contribution < -0.4 is 0 Å². The van der Waals surface area contributed by atoms with Crippen molar-refractivity contribution in [2.45, 2.75) is 58.9 Å². The molecule has 0 aliphatic carbocycles. The molecular formula is C24H28N4O2. The van der Waals surface area contributed by atoms with Crippen LogP contribution in [0.15, 0.2) is 41.1 Å². The largest absolute Gasteiger partial charge is 0.356 e. The van der Waals surface area contributed by atoms with E-state index >= 15 is 0 Å². The van der Waals surface area contributed by atoms with Crippen molar-refractivity contribution in [3.63, 3.8) is 0 Å². The van der Waals surface area contributed by atoms with Crippen LogP contribution >= 0.6 is 0 Å². The summed E-state index contributed by atoms with van der Waals surface area (Å²) >= 11 is 0. The Morgan fingerprint density at radius 1 is 1.23 bits per heavy atom. The van der Waals surface area contributed by atoms with Crippen LogP contribution in [-0.2, 0) is 17.6 Å². The highest BCUT2D eigenvalue weighted by atomic mass is 16.5. The molecule has 0 N–H and O–H groups in total. The Bertz CT molecular complexity index is 1030. The third-order valence-electron chi connectivity index (χ3n) is 5.83. The van der Waals surface area contributed by atoms with Gasteiger partial charge in [0.15, 0.2) is 5.76 Å². The lowest BCUT2D eigenvalue weighted by Crippen LogP contribution is -2.32. The molecule has 3 aromatic rings. The molecule has 6 heteroatoms. The second-order valence-electron chi connectivity index (χ2n) is 7.96. The molecule has 0 unspecified atom stereocenters. The maximum Gasteiger partial charge on any atom is 0.227 e. The standard InChI is InChI=1S/C24H28N4O2/c1-4-9-21-25-15-19(24-16(2)17(3)27-30-24)23(26-21)20-12-8-13-28(20)22(29)14-18-10-6-5-7-11-18/h5-7,10-11,15,20H,4,8-9,12-14H2,1-3H3/t20-/m0/s1. The van der Waals surface area contributed by atoms with E-state index in [9.17, 15) is 4.79 Å². The lowest BCUT2D eigenvalue weighted by molar-refractivity contribution is -0.131. The van der Waals surface area contributed by atoms with Crippen molar-refractivity contribution in [3.05, 3.63) is 64.9 Å². The molecule has 1 aliphatic rings. The number of aromatic nitrogens is 3. The van der Waals surface area contributed by atoms with Gasteiger partial charge in [-0.25, -0.2) is 9.97 Å². The maximum atomic E-state index is 13.2. The van der Waals surface area contributed by atoms with Gasteiger partial charge in [-0.05, 0) is 38.7 Å². The fourth-order valence-electron chi connectivity index (χ4n) is 4.09. The second kappa shape index (κ2) is 8.78. The number of carbonyl (C=O) groups is 1. The zero-order valence-corrected chi connectivity index (χ0v) is 17.9. The van der Waals surface area contributed by atoms with Gasteiger partial charge in [-0.15, -0.1) is 0 Å². The predicted molar refractivity (Wildman–Crippen MR) is 115 cm³/mol. The van der Waals surface area contributed by atoms with E-state index in [2.05, 4.69) is 17.1 Å². The molecule has 0 spiro atoms. The van der Waals surface area contributed by atoms with Crippen molar-refractivity contribution in [3.8, 4) is 11.3 Å². The van der Waals surface area contributed by atoms with Crippen LogP contribution in [0.2, 0.25) is 0 Å². The smallest absolute Gasteiger partial charge is 0.227 e. The second-order valence-corrected chi connectivity index (χ2v) is 7.96. The van der Waals surface area contributed by atoms with Crippen LogP contribution in [0.3, 0.4) is 0 Å².